The summed E-state index contributed by atoms with van der Waals surface area (Å²) in [5.74, 6) is -0.893. The summed E-state index contributed by atoms with van der Waals surface area (Å²) >= 11 is 0. The molecule has 9 nitrogen and oxygen atoms in total. The quantitative estimate of drug-likeness (QED) is 0.296. The van der Waals surface area contributed by atoms with E-state index in [1.54, 1.807) is 36.4 Å². The van der Waals surface area contributed by atoms with Crippen LogP contribution in [0.3, 0.4) is 0 Å². The summed E-state index contributed by atoms with van der Waals surface area (Å²) in [7, 11) is 0. The summed E-state index contributed by atoms with van der Waals surface area (Å²) in [4.78, 5) is 37.5. The third-order valence-electron chi connectivity index (χ3n) is 4.90. The van der Waals surface area contributed by atoms with Crippen LogP contribution >= 0.6 is 0 Å². The van der Waals surface area contributed by atoms with E-state index in [2.05, 4.69) is 5.32 Å². The molecule has 1 aliphatic rings. The van der Waals surface area contributed by atoms with E-state index in [0.29, 0.717) is 49.8 Å². The molecule has 0 radical (unpaired) electrons. The maximum atomic E-state index is 12.6. The van der Waals surface area contributed by atoms with E-state index in [1.807, 2.05) is 11.8 Å². The monoisotopic (exact) mass is 427 g/mol. The number of unbranched alkanes of at least 4 members (excludes halogenated alkanes) is 1. The number of ether oxygens (including phenoxy) is 2. The highest BCUT2D eigenvalue weighted by atomic mass is 16.6. The molecule has 1 aliphatic heterocycles. The van der Waals surface area contributed by atoms with Gasteiger partial charge in [0.15, 0.2) is 0 Å². The molecule has 1 heterocycles. The molecule has 2 aromatic rings. The smallest absolute Gasteiger partial charge is 0.338 e. The van der Waals surface area contributed by atoms with Gasteiger partial charge in [-0.05, 0) is 42.8 Å². The van der Waals surface area contributed by atoms with Gasteiger partial charge < -0.3 is 19.7 Å². The number of amides is 1. The zero-order chi connectivity index (χ0) is 22.2. The Bertz CT molecular complexity index is 939. The molecular formula is C22H25N3O6. The van der Waals surface area contributed by atoms with Crippen molar-refractivity contribution in [3.63, 3.8) is 0 Å². The van der Waals surface area contributed by atoms with E-state index in [-0.39, 0.29) is 11.3 Å². The van der Waals surface area contributed by atoms with Gasteiger partial charge in [0.05, 0.1) is 30.3 Å². The molecule has 1 amide bonds. The second-order valence-electron chi connectivity index (χ2n) is 7.08. The highest BCUT2D eigenvalue weighted by Gasteiger charge is 2.23. The fourth-order valence-corrected chi connectivity index (χ4v) is 3.17. The van der Waals surface area contributed by atoms with E-state index < -0.39 is 16.8 Å². The lowest BCUT2D eigenvalue weighted by Gasteiger charge is -2.28. The molecule has 31 heavy (non-hydrogen) atoms. The highest BCUT2D eigenvalue weighted by molar-refractivity contribution is 6.05. The van der Waals surface area contributed by atoms with Gasteiger partial charge in [-0.2, -0.15) is 0 Å². The lowest BCUT2D eigenvalue weighted by molar-refractivity contribution is -0.384. The number of rotatable bonds is 8. The van der Waals surface area contributed by atoms with Crippen molar-refractivity contribution >= 4 is 28.9 Å². The van der Waals surface area contributed by atoms with Crippen LogP contribution in [-0.2, 0) is 9.47 Å². The van der Waals surface area contributed by atoms with Gasteiger partial charge in [-0.25, -0.2) is 4.79 Å². The molecule has 1 fully saturated rings. The summed E-state index contributed by atoms with van der Waals surface area (Å²) in [6, 6.07) is 10.7. The van der Waals surface area contributed by atoms with Crippen molar-refractivity contribution in [2.45, 2.75) is 19.8 Å². The molecule has 0 saturated carbocycles. The first kappa shape index (κ1) is 22.2. The zero-order valence-corrected chi connectivity index (χ0v) is 17.3. The second-order valence-corrected chi connectivity index (χ2v) is 7.08. The number of esters is 1. The molecular weight excluding hydrogens is 402 g/mol. The molecule has 2 aromatic carbocycles. The molecule has 0 aliphatic carbocycles. The van der Waals surface area contributed by atoms with Gasteiger partial charge in [0.25, 0.3) is 11.6 Å². The van der Waals surface area contributed by atoms with E-state index in [0.717, 1.165) is 12.8 Å². The average molecular weight is 427 g/mol. The van der Waals surface area contributed by atoms with Gasteiger partial charge >= 0.3 is 5.97 Å². The normalized spacial score (nSPS) is 13.5. The largest absolute Gasteiger partial charge is 0.462 e. The maximum absolute atomic E-state index is 12.6. The van der Waals surface area contributed by atoms with Crippen LogP contribution in [0.15, 0.2) is 42.5 Å². The minimum atomic E-state index is -0.486. The first-order valence-corrected chi connectivity index (χ1v) is 10.2. The number of hydrogen-bond acceptors (Lipinski definition) is 7. The number of anilines is 2. The number of hydrogen-bond donors (Lipinski definition) is 1. The SMILES string of the molecule is CCCCOC(=O)c1ccc(NC(=O)c2ccc(N3CCOCC3)c([N+](=O)[O-])c2)cc1. The summed E-state index contributed by atoms with van der Waals surface area (Å²) in [6.45, 7) is 4.49. The van der Waals surface area contributed by atoms with Crippen LogP contribution in [0.4, 0.5) is 17.1 Å². The summed E-state index contributed by atoms with van der Waals surface area (Å²) in [5.41, 5.74) is 1.37. The van der Waals surface area contributed by atoms with Crippen molar-refractivity contribution in [3.8, 4) is 0 Å². The molecule has 1 saturated heterocycles. The lowest BCUT2D eigenvalue weighted by atomic mass is 10.1. The van der Waals surface area contributed by atoms with Crippen LogP contribution in [0.5, 0.6) is 0 Å². The molecule has 1 N–H and O–H groups in total. The standard InChI is InChI=1S/C22H25N3O6/c1-2-3-12-31-22(27)16-4-7-18(8-5-16)23-21(26)17-6-9-19(20(15-17)25(28)29)24-10-13-30-14-11-24/h4-9,15H,2-3,10-14H2,1H3,(H,23,26). The number of nitrogens with one attached hydrogen (secondary N) is 1. The molecule has 0 spiro atoms. The highest BCUT2D eigenvalue weighted by Crippen LogP contribution is 2.30. The Labute approximate surface area is 180 Å². The summed E-state index contributed by atoms with van der Waals surface area (Å²) in [5, 5.41) is 14.3. The number of nitro groups is 1. The average Bonchev–Trinajstić information content (AvgIpc) is 2.79. The van der Waals surface area contributed by atoms with Gasteiger partial charge in [0.1, 0.15) is 5.69 Å². The Balaban J connectivity index is 1.69. The predicted molar refractivity (Wildman–Crippen MR) is 116 cm³/mol. The van der Waals surface area contributed by atoms with Crippen LogP contribution < -0.4 is 10.2 Å². The topological polar surface area (TPSA) is 111 Å². The van der Waals surface area contributed by atoms with E-state index >= 15 is 0 Å². The van der Waals surface area contributed by atoms with Crippen molar-refractivity contribution in [1.29, 1.82) is 0 Å². The molecule has 9 heteroatoms. The third kappa shape index (κ3) is 5.79. The van der Waals surface area contributed by atoms with Crippen molar-refractivity contribution in [2.24, 2.45) is 0 Å². The Morgan fingerprint density at radius 2 is 1.81 bits per heavy atom. The van der Waals surface area contributed by atoms with Crippen LogP contribution in [0.1, 0.15) is 40.5 Å². The molecule has 3 rings (SSSR count). The van der Waals surface area contributed by atoms with Gasteiger partial charge in [0, 0.05) is 30.4 Å². The number of morpholine rings is 1. The van der Waals surface area contributed by atoms with Crippen molar-refractivity contribution < 1.29 is 24.0 Å². The predicted octanol–water partition coefficient (Wildman–Crippen LogP) is 3.64. The van der Waals surface area contributed by atoms with Crippen molar-refractivity contribution in [3.05, 3.63) is 63.7 Å². The number of carbonyl (C=O) groups is 2. The van der Waals surface area contributed by atoms with Crippen LogP contribution in [0.25, 0.3) is 0 Å². The Kier molecular flexibility index (Phi) is 7.55. The van der Waals surface area contributed by atoms with Gasteiger partial charge in [-0.1, -0.05) is 13.3 Å². The minimum Gasteiger partial charge on any atom is -0.462 e. The second kappa shape index (κ2) is 10.5. The molecule has 0 unspecified atom stereocenters. The van der Waals surface area contributed by atoms with Crippen LogP contribution in [0, 0.1) is 10.1 Å². The number of benzene rings is 2. The molecule has 0 bridgehead atoms. The van der Waals surface area contributed by atoms with Crippen molar-refractivity contribution in [1.82, 2.24) is 0 Å². The van der Waals surface area contributed by atoms with Crippen LogP contribution in [0.2, 0.25) is 0 Å². The zero-order valence-electron chi connectivity index (χ0n) is 17.3. The summed E-state index contributed by atoms with van der Waals surface area (Å²) < 4.78 is 10.4. The Hall–Kier alpha value is -3.46. The third-order valence-corrected chi connectivity index (χ3v) is 4.90. The number of nitrogens with zero attached hydrogens (tertiary/aromatic N) is 2. The van der Waals surface area contributed by atoms with E-state index in [1.165, 1.54) is 6.07 Å². The van der Waals surface area contributed by atoms with Crippen LogP contribution in [-0.4, -0.2) is 49.7 Å². The van der Waals surface area contributed by atoms with Gasteiger partial charge in [0.2, 0.25) is 0 Å². The fourth-order valence-electron chi connectivity index (χ4n) is 3.17. The molecule has 0 atom stereocenters. The Morgan fingerprint density at radius 3 is 2.45 bits per heavy atom. The van der Waals surface area contributed by atoms with E-state index in [4.69, 9.17) is 9.47 Å². The van der Waals surface area contributed by atoms with Crippen molar-refractivity contribution in [2.75, 3.05) is 43.1 Å². The van der Waals surface area contributed by atoms with Gasteiger partial charge in [-0.3, -0.25) is 14.9 Å². The Morgan fingerprint density at radius 1 is 1.13 bits per heavy atom. The fraction of sp³-hybridized carbons (Fsp3) is 0.364. The number of nitro benzene ring substituents is 1. The molecule has 0 aromatic heterocycles. The lowest BCUT2D eigenvalue weighted by Crippen LogP contribution is -2.36. The summed E-state index contributed by atoms with van der Waals surface area (Å²) in [6.07, 6.45) is 1.74. The molecule has 164 valence electrons. The maximum Gasteiger partial charge on any atom is 0.338 e. The van der Waals surface area contributed by atoms with E-state index in [9.17, 15) is 19.7 Å². The number of carbonyl (C=O) groups excluding carboxylic acids is 2. The minimum absolute atomic E-state index is 0.125. The van der Waals surface area contributed by atoms with Gasteiger partial charge in [-0.15, -0.1) is 0 Å². The first-order valence-electron chi connectivity index (χ1n) is 10.2. The first-order chi connectivity index (χ1) is 15.0.